The second kappa shape index (κ2) is 7.65. The number of nitrogens with zero attached hydrogens (tertiary/aromatic N) is 1. The Morgan fingerprint density at radius 3 is 2.48 bits per heavy atom. The minimum Gasteiger partial charge on any atom is -0.352 e. The molecule has 1 saturated heterocycles. The van der Waals surface area contributed by atoms with Gasteiger partial charge in [0.25, 0.3) is 5.91 Å². The van der Waals surface area contributed by atoms with Gasteiger partial charge in [0.2, 0.25) is 5.91 Å². The maximum atomic E-state index is 12.3. The molecule has 1 aliphatic rings. The van der Waals surface area contributed by atoms with E-state index in [0.29, 0.717) is 40.1 Å². The zero-order chi connectivity index (χ0) is 18.0. The summed E-state index contributed by atoms with van der Waals surface area (Å²) in [5.74, 6) is -0.239. The molecule has 25 heavy (non-hydrogen) atoms. The summed E-state index contributed by atoms with van der Waals surface area (Å²) in [7, 11) is 0. The minimum atomic E-state index is -0.301. The largest absolute Gasteiger partial charge is 0.352 e. The van der Waals surface area contributed by atoms with Crippen molar-refractivity contribution >= 4 is 52.3 Å². The van der Waals surface area contributed by atoms with Gasteiger partial charge in [0.1, 0.15) is 0 Å². The zero-order valence-electron chi connectivity index (χ0n) is 13.1. The molecule has 4 nitrogen and oxygen atoms in total. The van der Waals surface area contributed by atoms with Gasteiger partial charge in [0.15, 0.2) is 0 Å². The first kappa shape index (κ1) is 18.1. The molecule has 0 spiro atoms. The molecule has 0 unspecified atom stereocenters. The highest BCUT2D eigenvalue weighted by molar-refractivity contribution is 6.35. The third-order valence-corrected chi connectivity index (χ3v) is 4.88. The van der Waals surface area contributed by atoms with Gasteiger partial charge in [-0.3, -0.25) is 9.59 Å². The summed E-state index contributed by atoms with van der Waals surface area (Å²) >= 11 is 17.8. The van der Waals surface area contributed by atoms with Crippen molar-refractivity contribution in [1.82, 2.24) is 5.32 Å². The second-order valence-corrected chi connectivity index (χ2v) is 7.17. The summed E-state index contributed by atoms with van der Waals surface area (Å²) in [6.45, 7) is 0.932. The van der Waals surface area contributed by atoms with Crippen LogP contribution in [-0.2, 0) is 4.79 Å². The summed E-state index contributed by atoms with van der Waals surface area (Å²) in [6, 6.07) is 11.9. The molecule has 1 N–H and O–H groups in total. The molecule has 130 valence electrons. The van der Waals surface area contributed by atoms with E-state index < -0.39 is 0 Å². The van der Waals surface area contributed by atoms with Gasteiger partial charge in [-0.1, -0.05) is 34.8 Å². The molecule has 0 aromatic heterocycles. The molecule has 7 heteroatoms. The van der Waals surface area contributed by atoms with Crippen molar-refractivity contribution in [2.75, 3.05) is 18.0 Å². The number of rotatable bonds is 4. The van der Waals surface area contributed by atoms with Crippen molar-refractivity contribution < 1.29 is 9.59 Å². The van der Waals surface area contributed by atoms with Gasteiger partial charge < -0.3 is 10.2 Å². The molecule has 1 aliphatic heterocycles. The van der Waals surface area contributed by atoms with Crippen LogP contribution in [0.25, 0.3) is 0 Å². The van der Waals surface area contributed by atoms with Crippen LogP contribution in [0.3, 0.4) is 0 Å². The maximum Gasteiger partial charge on any atom is 0.252 e. The monoisotopic (exact) mass is 396 g/mol. The van der Waals surface area contributed by atoms with E-state index in [1.54, 1.807) is 29.2 Å². The molecule has 3 rings (SSSR count). The number of hydrogen-bond acceptors (Lipinski definition) is 2. The van der Waals surface area contributed by atoms with Crippen LogP contribution in [0.2, 0.25) is 15.1 Å². The molecule has 0 aliphatic carbocycles. The van der Waals surface area contributed by atoms with E-state index in [0.717, 1.165) is 5.69 Å². The molecular weight excluding hydrogens is 383 g/mol. The number of amides is 2. The Bertz CT molecular complexity index is 808. The van der Waals surface area contributed by atoms with Gasteiger partial charge in [-0.05, 0) is 42.5 Å². The van der Waals surface area contributed by atoms with E-state index in [4.69, 9.17) is 34.8 Å². The number of hydrogen-bond donors (Lipinski definition) is 1. The summed E-state index contributed by atoms with van der Waals surface area (Å²) < 4.78 is 0. The molecule has 0 radical (unpaired) electrons. The van der Waals surface area contributed by atoms with Crippen LogP contribution >= 0.6 is 34.8 Å². The zero-order valence-corrected chi connectivity index (χ0v) is 15.4. The van der Waals surface area contributed by atoms with Gasteiger partial charge in [0, 0.05) is 41.2 Å². The first-order chi connectivity index (χ1) is 11.9. The van der Waals surface area contributed by atoms with E-state index >= 15 is 0 Å². The van der Waals surface area contributed by atoms with Crippen LogP contribution in [0.4, 0.5) is 5.69 Å². The van der Waals surface area contributed by atoms with Crippen LogP contribution in [0.15, 0.2) is 42.5 Å². The Morgan fingerprint density at radius 1 is 1.08 bits per heavy atom. The van der Waals surface area contributed by atoms with E-state index in [2.05, 4.69) is 5.32 Å². The lowest BCUT2D eigenvalue weighted by Crippen LogP contribution is -2.31. The van der Waals surface area contributed by atoms with E-state index in [-0.39, 0.29) is 17.7 Å². The molecule has 2 aromatic carbocycles. The lowest BCUT2D eigenvalue weighted by atomic mass is 10.1. The Labute approximate surface area is 160 Å². The lowest BCUT2D eigenvalue weighted by molar-refractivity contribution is -0.117. The van der Waals surface area contributed by atoms with Gasteiger partial charge in [-0.25, -0.2) is 0 Å². The predicted octanol–water partition coefficient (Wildman–Crippen LogP) is 4.43. The standard InChI is InChI=1S/C18H15Cl3N2O2/c19-12-1-4-14(5-2-12)23-10-11(7-17(23)24)9-22-18(25)15-8-13(20)3-6-16(15)21/h1-6,8,11H,7,9-10H2,(H,22,25)/t11-/m0/s1. The normalized spacial score (nSPS) is 17.0. The number of anilines is 1. The first-order valence-electron chi connectivity index (χ1n) is 7.73. The first-order valence-corrected chi connectivity index (χ1v) is 8.86. The van der Waals surface area contributed by atoms with Crippen molar-refractivity contribution in [3.63, 3.8) is 0 Å². The summed E-state index contributed by atoms with van der Waals surface area (Å²) in [6.07, 6.45) is 0.381. The van der Waals surface area contributed by atoms with E-state index in [1.165, 1.54) is 6.07 Å². The van der Waals surface area contributed by atoms with Crippen LogP contribution < -0.4 is 10.2 Å². The predicted molar refractivity (Wildman–Crippen MR) is 101 cm³/mol. The van der Waals surface area contributed by atoms with Crippen molar-refractivity contribution in [3.8, 4) is 0 Å². The molecule has 1 atom stereocenters. The number of benzene rings is 2. The van der Waals surface area contributed by atoms with Gasteiger partial charge in [-0.15, -0.1) is 0 Å². The molecule has 2 amide bonds. The fraction of sp³-hybridized carbons (Fsp3) is 0.222. The Morgan fingerprint density at radius 2 is 1.76 bits per heavy atom. The van der Waals surface area contributed by atoms with Gasteiger partial charge >= 0.3 is 0 Å². The van der Waals surface area contributed by atoms with E-state index in [9.17, 15) is 9.59 Å². The highest BCUT2D eigenvalue weighted by atomic mass is 35.5. The van der Waals surface area contributed by atoms with E-state index in [1.807, 2.05) is 12.1 Å². The highest BCUT2D eigenvalue weighted by Gasteiger charge is 2.30. The van der Waals surface area contributed by atoms with Crippen LogP contribution in [0.1, 0.15) is 16.8 Å². The van der Waals surface area contributed by atoms with Crippen LogP contribution in [0, 0.1) is 5.92 Å². The Balaban J connectivity index is 1.61. The Hall–Kier alpha value is -1.75. The quantitative estimate of drug-likeness (QED) is 0.829. The lowest BCUT2D eigenvalue weighted by Gasteiger charge is -2.17. The van der Waals surface area contributed by atoms with Crippen LogP contribution in [0.5, 0.6) is 0 Å². The maximum absolute atomic E-state index is 12.3. The molecule has 1 fully saturated rings. The summed E-state index contributed by atoms with van der Waals surface area (Å²) in [5.41, 5.74) is 1.13. The molecule has 2 aromatic rings. The number of carbonyl (C=O) groups excluding carboxylic acids is 2. The average Bonchev–Trinajstić information content (AvgIpc) is 2.96. The van der Waals surface area contributed by atoms with Gasteiger partial charge in [-0.2, -0.15) is 0 Å². The number of nitrogens with one attached hydrogen (secondary N) is 1. The fourth-order valence-electron chi connectivity index (χ4n) is 2.79. The van der Waals surface area contributed by atoms with Gasteiger partial charge in [0.05, 0.1) is 10.6 Å². The molecule has 1 heterocycles. The summed E-state index contributed by atoms with van der Waals surface area (Å²) in [5, 5.41) is 4.24. The number of carbonyl (C=O) groups is 2. The third-order valence-electron chi connectivity index (χ3n) is 4.07. The van der Waals surface area contributed by atoms with Crippen molar-refractivity contribution in [2.24, 2.45) is 5.92 Å². The Kier molecular flexibility index (Phi) is 5.52. The third kappa shape index (κ3) is 4.27. The average molecular weight is 398 g/mol. The van der Waals surface area contributed by atoms with Crippen molar-refractivity contribution in [2.45, 2.75) is 6.42 Å². The second-order valence-electron chi connectivity index (χ2n) is 5.89. The SMILES string of the molecule is O=C(NC[C@@H]1CC(=O)N(c2ccc(Cl)cc2)C1)c1cc(Cl)ccc1Cl. The van der Waals surface area contributed by atoms with Crippen molar-refractivity contribution in [3.05, 3.63) is 63.1 Å². The fourth-order valence-corrected chi connectivity index (χ4v) is 3.29. The molecule has 0 saturated carbocycles. The molecular formula is C18H15Cl3N2O2. The summed E-state index contributed by atoms with van der Waals surface area (Å²) in [4.78, 5) is 26.2. The number of halogens is 3. The van der Waals surface area contributed by atoms with Crippen LogP contribution in [-0.4, -0.2) is 24.9 Å². The van der Waals surface area contributed by atoms with Crippen molar-refractivity contribution in [1.29, 1.82) is 0 Å². The molecule has 0 bridgehead atoms. The highest BCUT2D eigenvalue weighted by Crippen LogP contribution is 2.26. The topological polar surface area (TPSA) is 49.4 Å². The minimum absolute atomic E-state index is 0.0300. The smallest absolute Gasteiger partial charge is 0.252 e.